The van der Waals surface area contributed by atoms with Crippen molar-refractivity contribution in [3.05, 3.63) is 29.3 Å². The van der Waals surface area contributed by atoms with E-state index >= 15 is 0 Å². The smallest absolute Gasteiger partial charge is 0.251 e. The van der Waals surface area contributed by atoms with Crippen molar-refractivity contribution < 1.29 is 13.2 Å². The largest absolute Gasteiger partial charge is 0.398 e. The molecular weight excluding hydrogens is 264 g/mol. The molecule has 104 valence electrons. The summed E-state index contributed by atoms with van der Waals surface area (Å²) in [5.74, 6) is 0.107. The number of rotatable bonds is 2. The Balaban J connectivity index is 2.04. The standard InChI is InChI=1S/C13H18N2O3S/c1-9-11(3-2-4-12(9)14)13(16)15-10-5-7-19(17,18)8-6-10/h2-4,10H,5-8,14H2,1H3,(H,15,16). The van der Waals surface area contributed by atoms with Gasteiger partial charge in [0.15, 0.2) is 0 Å². The Morgan fingerprint density at radius 3 is 2.58 bits per heavy atom. The van der Waals surface area contributed by atoms with Gasteiger partial charge in [-0.2, -0.15) is 0 Å². The number of carbonyl (C=O) groups is 1. The fraction of sp³-hybridized carbons (Fsp3) is 0.462. The zero-order valence-electron chi connectivity index (χ0n) is 10.8. The maximum absolute atomic E-state index is 12.1. The molecule has 1 aromatic carbocycles. The van der Waals surface area contributed by atoms with E-state index < -0.39 is 9.84 Å². The Morgan fingerprint density at radius 1 is 1.32 bits per heavy atom. The van der Waals surface area contributed by atoms with Gasteiger partial charge < -0.3 is 11.1 Å². The van der Waals surface area contributed by atoms with Gasteiger partial charge in [0.1, 0.15) is 9.84 Å². The summed E-state index contributed by atoms with van der Waals surface area (Å²) in [6.07, 6.45) is 0.963. The number of benzene rings is 1. The summed E-state index contributed by atoms with van der Waals surface area (Å²) in [6, 6.07) is 5.14. The van der Waals surface area contributed by atoms with Gasteiger partial charge in [0.2, 0.25) is 0 Å². The molecule has 0 saturated carbocycles. The summed E-state index contributed by atoms with van der Waals surface area (Å²) in [5, 5.41) is 2.88. The summed E-state index contributed by atoms with van der Waals surface area (Å²) in [4.78, 5) is 12.1. The quantitative estimate of drug-likeness (QED) is 0.788. The summed E-state index contributed by atoms with van der Waals surface area (Å²) in [6.45, 7) is 1.80. The predicted octanol–water partition coefficient (Wildman–Crippen LogP) is 0.884. The highest BCUT2D eigenvalue weighted by Gasteiger charge is 2.25. The molecule has 2 rings (SSSR count). The molecule has 0 bridgehead atoms. The van der Waals surface area contributed by atoms with Crippen LogP contribution in [-0.2, 0) is 9.84 Å². The summed E-state index contributed by atoms with van der Waals surface area (Å²) in [7, 11) is -2.90. The van der Waals surface area contributed by atoms with Crippen LogP contribution in [0.2, 0.25) is 0 Å². The van der Waals surface area contributed by atoms with Gasteiger partial charge in [-0.15, -0.1) is 0 Å². The molecule has 0 unspecified atom stereocenters. The molecule has 1 fully saturated rings. The van der Waals surface area contributed by atoms with Crippen LogP contribution in [0.4, 0.5) is 5.69 Å². The monoisotopic (exact) mass is 282 g/mol. The first kappa shape index (κ1) is 13.9. The molecule has 0 spiro atoms. The van der Waals surface area contributed by atoms with E-state index in [0.29, 0.717) is 24.1 Å². The number of nitrogen functional groups attached to an aromatic ring is 1. The number of sulfone groups is 1. The fourth-order valence-corrected chi connectivity index (χ4v) is 3.69. The lowest BCUT2D eigenvalue weighted by Crippen LogP contribution is -2.41. The first-order chi connectivity index (χ1) is 8.89. The van der Waals surface area contributed by atoms with Crippen molar-refractivity contribution >= 4 is 21.4 Å². The van der Waals surface area contributed by atoms with Crippen LogP contribution in [0.3, 0.4) is 0 Å². The number of anilines is 1. The van der Waals surface area contributed by atoms with Crippen LogP contribution in [0.15, 0.2) is 18.2 Å². The van der Waals surface area contributed by atoms with Gasteiger partial charge in [-0.05, 0) is 37.5 Å². The Kier molecular flexibility index (Phi) is 3.80. The number of nitrogens with one attached hydrogen (secondary N) is 1. The minimum Gasteiger partial charge on any atom is -0.398 e. The summed E-state index contributed by atoms with van der Waals surface area (Å²) in [5.41, 5.74) is 7.65. The van der Waals surface area contributed by atoms with Crippen molar-refractivity contribution in [2.45, 2.75) is 25.8 Å². The van der Waals surface area contributed by atoms with Crippen LogP contribution in [0.5, 0.6) is 0 Å². The van der Waals surface area contributed by atoms with E-state index in [4.69, 9.17) is 5.73 Å². The molecule has 1 aliphatic rings. The van der Waals surface area contributed by atoms with Gasteiger partial charge in [-0.25, -0.2) is 8.42 Å². The lowest BCUT2D eigenvalue weighted by atomic mass is 10.1. The number of carbonyl (C=O) groups excluding carboxylic acids is 1. The minimum atomic E-state index is -2.90. The molecule has 19 heavy (non-hydrogen) atoms. The van der Waals surface area contributed by atoms with Gasteiger partial charge in [0.05, 0.1) is 11.5 Å². The maximum Gasteiger partial charge on any atom is 0.251 e. The number of hydrogen-bond donors (Lipinski definition) is 2. The number of hydrogen-bond acceptors (Lipinski definition) is 4. The van der Waals surface area contributed by atoms with Gasteiger partial charge in [0, 0.05) is 17.3 Å². The highest BCUT2D eigenvalue weighted by atomic mass is 32.2. The predicted molar refractivity (Wildman–Crippen MR) is 74.7 cm³/mol. The molecule has 0 aromatic heterocycles. The fourth-order valence-electron chi connectivity index (χ4n) is 2.20. The van der Waals surface area contributed by atoms with Crippen LogP contribution in [0, 0.1) is 6.92 Å². The van der Waals surface area contributed by atoms with Crippen molar-refractivity contribution in [1.82, 2.24) is 5.32 Å². The van der Waals surface area contributed by atoms with E-state index in [1.807, 2.05) is 0 Å². The first-order valence-electron chi connectivity index (χ1n) is 6.25. The highest BCUT2D eigenvalue weighted by Crippen LogP contribution is 2.17. The second-order valence-electron chi connectivity index (χ2n) is 4.92. The average Bonchev–Trinajstić information content (AvgIpc) is 2.35. The van der Waals surface area contributed by atoms with Crippen molar-refractivity contribution in [2.75, 3.05) is 17.2 Å². The Bertz CT molecular complexity index is 582. The third-order valence-electron chi connectivity index (χ3n) is 3.51. The van der Waals surface area contributed by atoms with E-state index in [-0.39, 0.29) is 23.5 Å². The van der Waals surface area contributed by atoms with E-state index in [1.165, 1.54) is 0 Å². The van der Waals surface area contributed by atoms with Crippen molar-refractivity contribution in [3.8, 4) is 0 Å². The second-order valence-corrected chi connectivity index (χ2v) is 7.22. The van der Waals surface area contributed by atoms with Gasteiger partial charge >= 0.3 is 0 Å². The molecule has 6 heteroatoms. The molecule has 3 N–H and O–H groups in total. The molecular formula is C13H18N2O3S. The van der Waals surface area contributed by atoms with Crippen LogP contribution >= 0.6 is 0 Å². The molecule has 5 nitrogen and oxygen atoms in total. The highest BCUT2D eigenvalue weighted by molar-refractivity contribution is 7.91. The first-order valence-corrected chi connectivity index (χ1v) is 8.07. The molecule has 1 aromatic rings. The SMILES string of the molecule is Cc1c(N)cccc1C(=O)NC1CCS(=O)(=O)CC1. The Morgan fingerprint density at radius 2 is 1.95 bits per heavy atom. The molecule has 1 amide bonds. The van der Waals surface area contributed by atoms with Crippen LogP contribution in [0.25, 0.3) is 0 Å². The van der Waals surface area contributed by atoms with Gasteiger partial charge in [-0.3, -0.25) is 4.79 Å². The maximum atomic E-state index is 12.1. The topological polar surface area (TPSA) is 89.3 Å². The molecule has 0 atom stereocenters. The van der Waals surface area contributed by atoms with Crippen LogP contribution < -0.4 is 11.1 Å². The van der Waals surface area contributed by atoms with Gasteiger partial charge in [-0.1, -0.05) is 6.07 Å². The third-order valence-corrected chi connectivity index (χ3v) is 5.23. The molecule has 1 aliphatic heterocycles. The van der Waals surface area contributed by atoms with Crippen molar-refractivity contribution in [3.63, 3.8) is 0 Å². The van der Waals surface area contributed by atoms with E-state index in [9.17, 15) is 13.2 Å². The lowest BCUT2D eigenvalue weighted by molar-refractivity contribution is 0.0933. The second kappa shape index (κ2) is 5.21. The summed E-state index contributed by atoms with van der Waals surface area (Å²) >= 11 is 0. The zero-order valence-corrected chi connectivity index (χ0v) is 11.7. The number of amides is 1. The third kappa shape index (κ3) is 3.26. The Hall–Kier alpha value is -1.56. The molecule has 1 saturated heterocycles. The van der Waals surface area contributed by atoms with Crippen molar-refractivity contribution in [1.29, 1.82) is 0 Å². The zero-order chi connectivity index (χ0) is 14.0. The Labute approximate surface area is 113 Å². The lowest BCUT2D eigenvalue weighted by Gasteiger charge is -2.23. The van der Waals surface area contributed by atoms with E-state index in [1.54, 1.807) is 25.1 Å². The van der Waals surface area contributed by atoms with E-state index in [0.717, 1.165) is 5.56 Å². The average molecular weight is 282 g/mol. The molecule has 0 aliphatic carbocycles. The summed E-state index contributed by atoms with van der Waals surface area (Å²) < 4.78 is 22.6. The van der Waals surface area contributed by atoms with Crippen LogP contribution in [0.1, 0.15) is 28.8 Å². The molecule has 0 radical (unpaired) electrons. The van der Waals surface area contributed by atoms with Crippen LogP contribution in [-0.4, -0.2) is 31.9 Å². The van der Waals surface area contributed by atoms with Gasteiger partial charge in [0.25, 0.3) is 5.91 Å². The normalized spacial score (nSPS) is 19.0. The minimum absolute atomic E-state index is 0.0724. The number of nitrogens with two attached hydrogens (primary N) is 1. The van der Waals surface area contributed by atoms with Crippen molar-refractivity contribution in [2.24, 2.45) is 0 Å². The molecule has 1 heterocycles. The van der Waals surface area contributed by atoms with E-state index in [2.05, 4.69) is 5.32 Å².